The molecule has 0 aliphatic rings. The summed E-state index contributed by atoms with van der Waals surface area (Å²) in [6.07, 6.45) is 0. The zero-order chi connectivity index (χ0) is 20.4. The number of hydrogen-bond acceptors (Lipinski definition) is 5. The highest BCUT2D eigenvalue weighted by molar-refractivity contribution is 6.08. The van der Waals surface area contributed by atoms with Gasteiger partial charge >= 0.3 is 6.03 Å². The second kappa shape index (κ2) is 7.37. The van der Waals surface area contributed by atoms with Gasteiger partial charge in [0.05, 0.1) is 35.5 Å². The Morgan fingerprint density at radius 3 is 2.41 bits per heavy atom. The first kappa shape index (κ1) is 18.1. The van der Waals surface area contributed by atoms with Crippen molar-refractivity contribution >= 4 is 44.9 Å². The average molecular weight is 383 g/mol. The number of nitriles is 1. The topological polar surface area (TPSA) is 113 Å². The molecule has 1 heterocycles. The number of methoxy groups -OCH3 is 1. The molecule has 4 N–H and O–H groups in total. The van der Waals surface area contributed by atoms with Gasteiger partial charge in [0.15, 0.2) is 0 Å². The lowest BCUT2D eigenvalue weighted by Crippen LogP contribution is -2.19. The molecule has 2 amide bonds. The van der Waals surface area contributed by atoms with Crippen molar-refractivity contribution in [2.24, 2.45) is 0 Å². The highest BCUT2D eigenvalue weighted by Crippen LogP contribution is 2.32. The van der Waals surface area contributed by atoms with Crippen molar-refractivity contribution in [3.05, 3.63) is 66.2 Å². The number of pyridine rings is 1. The predicted octanol–water partition coefficient (Wildman–Crippen LogP) is 4.49. The molecule has 7 heteroatoms. The first-order valence-electron chi connectivity index (χ1n) is 8.82. The van der Waals surface area contributed by atoms with E-state index in [1.165, 1.54) is 0 Å². The molecule has 4 aromatic rings. The molecule has 4 rings (SSSR count). The predicted molar refractivity (Wildman–Crippen MR) is 114 cm³/mol. The van der Waals surface area contributed by atoms with Gasteiger partial charge in [0, 0.05) is 22.1 Å². The molecule has 0 saturated heterocycles. The van der Waals surface area contributed by atoms with Crippen molar-refractivity contribution in [3.63, 3.8) is 0 Å². The number of carbonyl (C=O) groups is 1. The molecule has 29 heavy (non-hydrogen) atoms. The summed E-state index contributed by atoms with van der Waals surface area (Å²) in [6.45, 7) is 0. The highest BCUT2D eigenvalue weighted by atomic mass is 16.5. The van der Waals surface area contributed by atoms with Crippen LogP contribution in [0.4, 0.5) is 21.9 Å². The second-order valence-electron chi connectivity index (χ2n) is 6.41. The third-order valence-corrected chi connectivity index (χ3v) is 4.55. The maximum Gasteiger partial charge on any atom is 0.323 e. The maximum atomic E-state index is 12.3. The molecule has 0 spiro atoms. The molecule has 0 aliphatic carbocycles. The van der Waals surface area contributed by atoms with Crippen LogP contribution in [0.15, 0.2) is 60.7 Å². The molecule has 0 unspecified atom stereocenters. The van der Waals surface area contributed by atoms with E-state index in [0.717, 1.165) is 16.3 Å². The summed E-state index contributed by atoms with van der Waals surface area (Å²) in [4.78, 5) is 16.9. The molecule has 0 aliphatic heterocycles. The van der Waals surface area contributed by atoms with E-state index < -0.39 is 6.03 Å². The lowest BCUT2D eigenvalue weighted by atomic mass is 10.1. The average Bonchev–Trinajstić information content (AvgIpc) is 2.74. The van der Waals surface area contributed by atoms with E-state index in [1.807, 2.05) is 30.3 Å². The van der Waals surface area contributed by atoms with E-state index in [-0.39, 0.29) is 0 Å². The van der Waals surface area contributed by atoms with Gasteiger partial charge in [-0.25, -0.2) is 9.78 Å². The van der Waals surface area contributed by atoms with Crippen LogP contribution >= 0.6 is 0 Å². The summed E-state index contributed by atoms with van der Waals surface area (Å²) >= 11 is 0. The second-order valence-corrected chi connectivity index (χ2v) is 6.41. The summed E-state index contributed by atoms with van der Waals surface area (Å²) in [5, 5.41) is 15.9. The molecule has 3 aromatic carbocycles. The van der Waals surface area contributed by atoms with Crippen LogP contribution in [-0.2, 0) is 0 Å². The smallest absolute Gasteiger partial charge is 0.323 e. The van der Waals surface area contributed by atoms with Crippen molar-refractivity contribution in [1.29, 1.82) is 5.26 Å². The third kappa shape index (κ3) is 3.59. The van der Waals surface area contributed by atoms with Gasteiger partial charge in [0.25, 0.3) is 0 Å². The minimum atomic E-state index is -0.396. The lowest BCUT2D eigenvalue weighted by Gasteiger charge is -2.11. The fourth-order valence-electron chi connectivity index (χ4n) is 3.08. The van der Waals surface area contributed by atoms with Crippen molar-refractivity contribution in [1.82, 2.24) is 4.98 Å². The number of nitrogens with two attached hydrogens (primary N) is 1. The molecule has 142 valence electrons. The van der Waals surface area contributed by atoms with Crippen LogP contribution in [-0.4, -0.2) is 18.1 Å². The van der Waals surface area contributed by atoms with Crippen LogP contribution in [0.5, 0.6) is 5.75 Å². The zero-order valence-electron chi connectivity index (χ0n) is 15.6. The SMILES string of the molecule is COc1ccc2nc3cc(NC(=O)Nc4ccc(C#N)cc4)ccc3c(N)c2c1. The molecular formula is C22H17N5O2. The number of ether oxygens (including phenoxy) is 1. The van der Waals surface area contributed by atoms with Crippen molar-refractivity contribution in [3.8, 4) is 11.8 Å². The summed E-state index contributed by atoms with van der Waals surface area (Å²) in [6, 6.07) is 19.1. The molecule has 0 bridgehead atoms. The van der Waals surface area contributed by atoms with Gasteiger partial charge < -0.3 is 21.1 Å². The number of nitrogens with one attached hydrogen (secondary N) is 2. The highest BCUT2D eigenvalue weighted by Gasteiger charge is 2.10. The van der Waals surface area contributed by atoms with Crippen LogP contribution in [0.1, 0.15) is 5.56 Å². The Bertz CT molecular complexity index is 1280. The molecule has 7 nitrogen and oxygen atoms in total. The van der Waals surface area contributed by atoms with Gasteiger partial charge in [0.1, 0.15) is 5.75 Å². The van der Waals surface area contributed by atoms with Gasteiger partial charge in [-0.15, -0.1) is 0 Å². The number of nitrogen functional groups attached to an aromatic ring is 1. The Morgan fingerprint density at radius 2 is 1.69 bits per heavy atom. The number of hydrogen-bond donors (Lipinski definition) is 3. The molecular weight excluding hydrogens is 366 g/mol. The van der Waals surface area contributed by atoms with Crippen LogP contribution < -0.4 is 21.1 Å². The minimum absolute atomic E-state index is 0.396. The van der Waals surface area contributed by atoms with Gasteiger partial charge in [-0.05, 0) is 60.7 Å². The Balaban J connectivity index is 1.60. The van der Waals surface area contributed by atoms with Crippen molar-refractivity contribution in [2.45, 2.75) is 0 Å². The summed E-state index contributed by atoms with van der Waals surface area (Å²) in [5.74, 6) is 0.711. The number of aromatic nitrogens is 1. The monoisotopic (exact) mass is 383 g/mol. The van der Waals surface area contributed by atoms with E-state index in [9.17, 15) is 4.79 Å². The van der Waals surface area contributed by atoms with Crippen LogP contribution in [0, 0.1) is 11.3 Å². The Labute approximate surface area is 166 Å². The minimum Gasteiger partial charge on any atom is -0.497 e. The normalized spacial score (nSPS) is 10.5. The van der Waals surface area contributed by atoms with Crippen molar-refractivity contribution < 1.29 is 9.53 Å². The zero-order valence-corrected chi connectivity index (χ0v) is 15.6. The van der Waals surface area contributed by atoms with E-state index >= 15 is 0 Å². The van der Waals surface area contributed by atoms with Crippen molar-refractivity contribution in [2.75, 3.05) is 23.5 Å². The van der Waals surface area contributed by atoms with Gasteiger partial charge in [0.2, 0.25) is 0 Å². The van der Waals surface area contributed by atoms with E-state index in [4.69, 9.17) is 15.7 Å². The number of fused-ring (bicyclic) bond motifs is 2. The summed E-state index contributed by atoms with van der Waals surface area (Å²) < 4.78 is 5.26. The number of benzene rings is 3. The molecule has 0 radical (unpaired) electrons. The number of urea groups is 1. The van der Waals surface area contributed by atoms with Crippen LogP contribution in [0.3, 0.4) is 0 Å². The number of rotatable bonds is 3. The van der Waals surface area contributed by atoms with E-state index in [1.54, 1.807) is 43.5 Å². The lowest BCUT2D eigenvalue weighted by molar-refractivity contribution is 0.262. The first-order valence-corrected chi connectivity index (χ1v) is 8.82. The molecule has 0 fully saturated rings. The maximum absolute atomic E-state index is 12.3. The van der Waals surface area contributed by atoms with Gasteiger partial charge in [-0.3, -0.25) is 0 Å². The van der Waals surface area contributed by atoms with Gasteiger partial charge in [-0.2, -0.15) is 5.26 Å². The molecule has 1 aromatic heterocycles. The van der Waals surface area contributed by atoms with Gasteiger partial charge in [-0.1, -0.05) is 0 Å². The Hall–Kier alpha value is -4.31. The fraction of sp³-hybridized carbons (Fsp3) is 0.0455. The summed E-state index contributed by atoms with van der Waals surface area (Å²) in [7, 11) is 1.60. The Kier molecular flexibility index (Phi) is 4.59. The number of anilines is 3. The fourth-order valence-corrected chi connectivity index (χ4v) is 3.08. The van der Waals surface area contributed by atoms with Crippen LogP contribution in [0.2, 0.25) is 0 Å². The summed E-state index contributed by atoms with van der Waals surface area (Å²) in [5.41, 5.74) is 10.1. The first-order chi connectivity index (χ1) is 14.1. The Morgan fingerprint density at radius 1 is 0.966 bits per heavy atom. The quantitative estimate of drug-likeness (QED) is 0.451. The molecule has 0 saturated carbocycles. The standard InChI is InChI=1S/C22H17N5O2/c1-29-16-7-9-19-18(11-16)21(24)17-8-6-15(10-20(17)27-19)26-22(28)25-14-4-2-13(12-23)3-5-14/h2-11H,1H3,(H2,24,27)(H2,25,26,28). The van der Waals surface area contributed by atoms with E-state index in [2.05, 4.69) is 15.6 Å². The van der Waals surface area contributed by atoms with E-state index in [0.29, 0.717) is 33.9 Å². The number of nitrogens with zero attached hydrogens (tertiary/aromatic N) is 2. The van der Waals surface area contributed by atoms with Crippen LogP contribution in [0.25, 0.3) is 21.8 Å². The largest absolute Gasteiger partial charge is 0.497 e. The number of carbonyl (C=O) groups excluding carboxylic acids is 1. The third-order valence-electron chi connectivity index (χ3n) is 4.55. The molecule has 0 atom stereocenters. The number of amides is 2.